The molecule has 0 atom stereocenters. The molecule has 3 rings (SSSR count). The molecular weight excluding hydrogens is 368 g/mol. The first-order valence-electron chi connectivity index (χ1n) is 9.58. The second-order valence-electron chi connectivity index (χ2n) is 6.96. The number of carbonyl (C=O) groups is 2. The SMILES string of the molecule is COc1ccccc1NC(=O)N1CCC(CNC(=O)c2cccc(C#N)c2)CC1. The third-order valence-corrected chi connectivity index (χ3v) is 5.06. The van der Waals surface area contributed by atoms with Crippen LogP contribution in [0.3, 0.4) is 0 Å². The van der Waals surface area contributed by atoms with Crippen LogP contribution >= 0.6 is 0 Å². The Bertz CT molecular complexity index is 914. The minimum atomic E-state index is -0.182. The van der Waals surface area contributed by atoms with Gasteiger partial charge in [0.15, 0.2) is 0 Å². The quantitative estimate of drug-likeness (QED) is 0.817. The van der Waals surface area contributed by atoms with Crippen LogP contribution in [0, 0.1) is 17.2 Å². The lowest BCUT2D eigenvalue weighted by Crippen LogP contribution is -2.43. The number of rotatable bonds is 5. The molecule has 7 nitrogen and oxygen atoms in total. The summed E-state index contributed by atoms with van der Waals surface area (Å²) in [6, 6.07) is 15.8. The number of likely N-dealkylation sites (tertiary alicyclic amines) is 1. The van der Waals surface area contributed by atoms with Crippen LogP contribution in [0.4, 0.5) is 10.5 Å². The summed E-state index contributed by atoms with van der Waals surface area (Å²) in [6.07, 6.45) is 1.63. The Morgan fingerprint density at radius 3 is 2.66 bits per heavy atom. The van der Waals surface area contributed by atoms with Gasteiger partial charge in [-0.05, 0) is 49.1 Å². The Morgan fingerprint density at radius 2 is 1.93 bits per heavy atom. The van der Waals surface area contributed by atoms with Crippen LogP contribution in [-0.2, 0) is 0 Å². The molecule has 7 heteroatoms. The second kappa shape index (κ2) is 9.60. The monoisotopic (exact) mass is 392 g/mol. The van der Waals surface area contributed by atoms with E-state index in [9.17, 15) is 9.59 Å². The Kier molecular flexibility index (Phi) is 6.69. The van der Waals surface area contributed by atoms with Gasteiger partial charge in [0.25, 0.3) is 5.91 Å². The molecule has 0 unspecified atom stereocenters. The number of hydrogen-bond donors (Lipinski definition) is 2. The maximum absolute atomic E-state index is 12.5. The van der Waals surface area contributed by atoms with E-state index in [-0.39, 0.29) is 11.9 Å². The number of methoxy groups -OCH3 is 1. The smallest absolute Gasteiger partial charge is 0.321 e. The van der Waals surface area contributed by atoms with Crippen LogP contribution in [0.1, 0.15) is 28.8 Å². The van der Waals surface area contributed by atoms with Gasteiger partial charge >= 0.3 is 6.03 Å². The predicted octanol–water partition coefficient (Wildman–Crippen LogP) is 3.24. The molecule has 1 saturated heterocycles. The zero-order valence-electron chi connectivity index (χ0n) is 16.4. The normalized spacial score (nSPS) is 14.0. The van der Waals surface area contributed by atoms with E-state index in [4.69, 9.17) is 10.00 Å². The number of amides is 3. The molecule has 0 aromatic heterocycles. The number of urea groups is 1. The molecule has 29 heavy (non-hydrogen) atoms. The number of nitrogens with one attached hydrogen (secondary N) is 2. The second-order valence-corrected chi connectivity index (χ2v) is 6.96. The number of piperidine rings is 1. The molecule has 0 saturated carbocycles. The Morgan fingerprint density at radius 1 is 1.17 bits per heavy atom. The highest BCUT2D eigenvalue weighted by Gasteiger charge is 2.23. The van der Waals surface area contributed by atoms with Gasteiger partial charge in [-0.1, -0.05) is 18.2 Å². The number of para-hydroxylation sites is 2. The fraction of sp³-hybridized carbons (Fsp3) is 0.318. The first-order valence-corrected chi connectivity index (χ1v) is 9.58. The van der Waals surface area contributed by atoms with Gasteiger partial charge in [0.05, 0.1) is 24.4 Å². The van der Waals surface area contributed by atoms with Gasteiger partial charge in [-0.2, -0.15) is 5.26 Å². The van der Waals surface area contributed by atoms with Crippen LogP contribution in [0.2, 0.25) is 0 Å². The van der Waals surface area contributed by atoms with Crippen LogP contribution in [0.5, 0.6) is 5.75 Å². The minimum Gasteiger partial charge on any atom is -0.495 e. The van der Waals surface area contributed by atoms with Crippen molar-refractivity contribution in [2.75, 3.05) is 32.1 Å². The summed E-state index contributed by atoms with van der Waals surface area (Å²) in [4.78, 5) is 26.6. The van der Waals surface area contributed by atoms with Gasteiger partial charge in [-0.25, -0.2) is 4.79 Å². The van der Waals surface area contributed by atoms with Crippen molar-refractivity contribution in [3.63, 3.8) is 0 Å². The van der Waals surface area contributed by atoms with Crippen molar-refractivity contribution in [1.82, 2.24) is 10.2 Å². The van der Waals surface area contributed by atoms with Gasteiger partial charge in [0, 0.05) is 25.2 Å². The average Bonchev–Trinajstić information content (AvgIpc) is 2.78. The molecule has 0 spiro atoms. The molecule has 1 aliphatic heterocycles. The van der Waals surface area contributed by atoms with Crippen molar-refractivity contribution >= 4 is 17.6 Å². The Balaban J connectivity index is 1.46. The predicted molar refractivity (Wildman–Crippen MR) is 110 cm³/mol. The summed E-state index contributed by atoms with van der Waals surface area (Å²) < 4.78 is 5.26. The Labute approximate surface area is 170 Å². The lowest BCUT2D eigenvalue weighted by Gasteiger charge is -2.32. The summed E-state index contributed by atoms with van der Waals surface area (Å²) in [5.41, 5.74) is 1.60. The highest BCUT2D eigenvalue weighted by atomic mass is 16.5. The van der Waals surface area contributed by atoms with E-state index >= 15 is 0 Å². The molecule has 1 fully saturated rings. The molecule has 1 aliphatic rings. The summed E-state index contributed by atoms with van der Waals surface area (Å²) in [7, 11) is 1.57. The van der Waals surface area contributed by atoms with Crippen molar-refractivity contribution in [1.29, 1.82) is 5.26 Å². The number of benzene rings is 2. The number of ether oxygens (including phenoxy) is 1. The lowest BCUT2D eigenvalue weighted by molar-refractivity contribution is 0.0938. The molecule has 0 radical (unpaired) electrons. The van der Waals surface area contributed by atoms with E-state index in [0.717, 1.165) is 12.8 Å². The summed E-state index contributed by atoms with van der Waals surface area (Å²) in [5, 5.41) is 14.8. The van der Waals surface area contributed by atoms with E-state index in [1.165, 1.54) is 0 Å². The number of nitrogens with zero attached hydrogens (tertiary/aromatic N) is 2. The van der Waals surface area contributed by atoms with Crippen LogP contribution in [0.25, 0.3) is 0 Å². The van der Waals surface area contributed by atoms with Gasteiger partial charge in [-0.15, -0.1) is 0 Å². The van der Waals surface area contributed by atoms with Crippen molar-refractivity contribution in [2.24, 2.45) is 5.92 Å². The number of hydrogen-bond acceptors (Lipinski definition) is 4. The van der Waals surface area contributed by atoms with E-state index < -0.39 is 0 Å². The highest BCUT2D eigenvalue weighted by Crippen LogP contribution is 2.24. The highest BCUT2D eigenvalue weighted by molar-refractivity contribution is 5.94. The van der Waals surface area contributed by atoms with E-state index in [1.54, 1.807) is 48.4 Å². The topological polar surface area (TPSA) is 94.5 Å². The molecular formula is C22H24N4O3. The molecule has 2 aromatic rings. The van der Waals surface area contributed by atoms with Gasteiger partial charge in [0.1, 0.15) is 5.75 Å². The van der Waals surface area contributed by atoms with E-state index in [1.807, 2.05) is 18.2 Å². The number of nitriles is 1. The van der Waals surface area contributed by atoms with Crippen LogP contribution < -0.4 is 15.4 Å². The zero-order chi connectivity index (χ0) is 20.6. The number of carbonyl (C=O) groups excluding carboxylic acids is 2. The fourth-order valence-corrected chi connectivity index (χ4v) is 3.35. The van der Waals surface area contributed by atoms with Crippen LogP contribution in [-0.4, -0.2) is 43.6 Å². The first kappa shape index (κ1) is 20.2. The summed E-state index contributed by atoms with van der Waals surface area (Å²) >= 11 is 0. The summed E-state index contributed by atoms with van der Waals surface area (Å²) in [6.45, 7) is 1.81. The minimum absolute atomic E-state index is 0.148. The van der Waals surface area contributed by atoms with Crippen LogP contribution in [0.15, 0.2) is 48.5 Å². The molecule has 3 amide bonds. The number of anilines is 1. The van der Waals surface area contributed by atoms with Gasteiger partial charge in [-0.3, -0.25) is 4.79 Å². The molecule has 0 aliphatic carbocycles. The molecule has 2 aromatic carbocycles. The Hall–Kier alpha value is -3.53. The van der Waals surface area contributed by atoms with E-state index in [2.05, 4.69) is 10.6 Å². The molecule has 0 bridgehead atoms. The third kappa shape index (κ3) is 5.26. The fourth-order valence-electron chi connectivity index (χ4n) is 3.35. The summed E-state index contributed by atoms with van der Waals surface area (Å²) in [5.74, 6) is 0.755. The first-order chi connectivity index (χ1) is 14.1. The molecule has 1 heterocycles. The van der Waals surface area contributed by atoms with E-state index in [0.29, 0.717) is 48.1 Å². The third-order valence-electron chi connectivity index (χ3n) is 5.06. The standard InChI is InChI=1S/C22H24N4O3/c1-29-20-8-3-2-7-19(20)25-22(28)26-11-9-16(10-12-26)15-24-21(27)18-6-4-5-17(13-18)14-23/h2-8,13,16H,9-12,15H2,1H3,(H,24,27)(H,25,28). The maximum atomic E-state index is 12.5. The van der Waals surface area contributed by atoms with Crippen molar-refractivity contribution in [3.8, 4) is 11.8 Å². The van der Waals surface area contributed by atoms with Gasteiger partial charge < -0.3 is 20.3 Å². The van der Waals surface area contributed by atoms with Crippen molar-refractivity contribution in [3.05, 3.63) is 59.7 Å². The average molecular weight is 392 g/mol. The molecule has 150 valence electrons. The lowest BCUT2D eigenvalue weighted by atomic mass is 9.97. The molecule has 2 N–H and O–H groups in total. The van der Waals surface area contributed by atoms with Crippen molar-refractivity contribution in [2.45, 2.75) is 12.8 Å². The zero-order valence-corrected chi connectivity index (χ0v) is 16.4. The van der Waals surface area contributed by atoms with Gasteiger partial charge in [0.2, 0.25) is 0 Å². The largest absolute Gasteiger partial charge is 0.495 e. The van der Waals surface area contributed by atoms with Crippen molar-refractivity contribution < 1.29 is 14.3 Å². The maximum Gasteiger partial charge on any atom is 0.321 e.